The first-order chi connectivity index (χ1) is 7.16. The molecule has 0 aromatic rings. The molecule has 0 aromatic carbocycles. The fourth-order valence-electron chi connectivity index (χ4n) is 1.06. The molecule has 0 aliphatic rings. The monoisotopic (exact) mass is 255 g/mol. The summed E-state index contributed by atoms with van der Waals surface area (Å²) in [5, 5.41) is 17.4. The summed E-state index contributed by atoms with van der Waals surface area (Å²) in [5.41, 5.74) is 0. The quantitative estimate of drug-likeness (QED) is 0.429. The Morgan fingerprint density at radius 3 is 2.44 bits per heavy atom. The van der Waals surface area contributed by atoms with Gasteiger partial charge in [-0.25, -0.2) is 0 Å². The molecule has 2 N–H and O–H groups in total. The van der Waals surface area contributed by atoms with Crippen molar-refractivity contribution in [1.29, 1.82) is 0 Å². The Morgan fingerprint density at radius 1 is 1.44 bits per heavy atom. The molecule has 0 aliphatic carbocycles. The summed E-state index contributed by atoms with van der Waals surface area (Å²) in [6.07, 6.45) is -0.666. The van der Waals surface area contributed by atoms with Crippen LogP contribution in [-0.2, 0) is 9.09 Å². The zero-order valence-corrected chi connectivity index (χ0v) is 11.0. The Balaban J connectivity index is 3.83. The van der Waals surface area contributed by atoms with Crippen molar-refractivity contribution < 1.29 is 28.7 Å². The molecule has 98 valence electrons. The Bertz CT molecular complexity index is 241. The summed E-state index contributed by atoms with van der Waals surface area (Å²) < 4.78 is 16.6. The van der Waals surface area contributed by atoms with E-state index in [1.54, 1.807) is 0 Å². The third-order valence-electron chi connectivity index (χ3n) is 1.94. The molecule has 0 fully saturated rings. The SMILES string of the molecule is C[N+](C)(C)CCCP(=O)([O-])OC[C@@H](O)CO. The molecule has 0 saturated heterocycles. The van der Waals surface area contributed by atoms with Crippen LogP contribution in [0.4, 0.5) is 0 Å². The van der Waals surface area contributed by atoms with Crippen LogP contribution >= 0.6 is 7.60 Å². The first-order valence-corrected chi connectivity index (χ1v) is 6.93. The van der Waals surface area contributed by atoms with E-state index in [-0.39, 0.29) is 12.8 Å². The predicted octanol–water partition coefficient (Wildman–Crippen LogP) is -0.994. The summed E-state index contributed by atoms with van der Waals surface area (Å²) >= 11 is 0. The Morgan fingerprint density at radius 2 is 2.00 bits per heavy atom. The van der Waals surface area contributed by atoms with Crippen LogP contribution in [0.3, 0.4) is 0 Å². The number of nitrogens with zero attached hydrogens (tertiary/aromatic N) is 1. The second-order valence-corrected chi connectivity index (χ2v) is 6.76. The third-order valence-corrected chi connectivity index (χ3v) is 3.34. The van der Waals surface area contributed by atoms with E-state index in [2.05, 4.69) is 4.52 Å². The van der Waals surface area contributed by atoms with Crippen molar-refractivity contribution in [3.63, 3.8) is 0 Å². The van der Waals surface area contributed by atoms with Crippen LogP contribution in [0.1, 0.15) is 6.42 Å². The van der Waals surface area contributed by atoms with Crippen LogP contribution in [0.5, 0.6) is 0 Å². The molecule has 0 heterocycles. The van der Waals surface area contributed by atoms with E-state index in [0.717, 1.165) is 6.54 Å². The standard InChI is InChI=1S/C9H22NO5P/c1-10(2,3)5-4-6-16(13,14)15-8-9(12)7-11/h9,11-12H,4-8H2,1-3H3/t9-/m0/s1. The fraction of sp³-hybridized carbons (Fsp3) is 1.00. The van der Waals surface area contributed by atoms with Gasteiger partial charge in [-0.3, -0.25) is 0 Å². The summed E-state index contributed by atoms with van der Waals surface area (Å²) in [6, 6.07) is 0. The molecule has 16 heavy (non-hydrogen) atoms. The van der Waals surface area contributed by atoms with E-state index in [1.165, 1.54) is 0 Å². The smallest absolute Gasteiger partial charge is 0.135 e. The molecule has 2 atom stereocenters. The van der Waals surface area contributed by atoms with E-state index < -0.39 is 20.3 Å². The van der Waals surface area contributed by atoms with Crippen molar-refractivity contribution in [2.45, 2.75) is 12.5 Å². The van der Waals surface area contributed by atoms with Gasteiger partial charge in [0, 0.05) is 12.6 Å². The predicted molar refractivity (Wildman–Crippen MR) is 59.0 cm³/mol. The highest BCUT2D eigenvalue weighted by Gasteiger charge is 2.14. The molecular formula is C9H22NO5P. The second kappa shape index (κ2) is 6.69. The lowest BCUT2D eigenvalue weighted by Gasteiger charge is -2.27. The highest BCUT2D eigenvalue weighted by atomic mass is 31.2. The zero-order valence-electron chi connectivity index (χ0n) is 10.1. The third kappa shape index (κ3) is 9.27. The van der Waals surface area contributed by atoms with Crippen molar-refractivity contribution in [3.05, 3.63) is 0 Å². The molecule has 0 amide bonds. The van der Waals surface area contributed by atoms with Crippen LogP contribution in [0.25, 0.3) is 0 Å². The van der Waals surface area contributed by atoms with E-state index in [0.29, 0.717) is 10.9 Å². The van der Waals surface area contributed by atoms with Crippen LogP contribution in [-0.4, -0.2) is 67.9 Å². The molecule has 0 rings (SSSR count). The van der Waals surface area contributed by atoms with E-state index in [1.807, 2.05) is 21.1 Å². The van der Waals surface area contributed by atoms with Gasteiger partial charge in [-0.05, 0) is 0 Å². The van der Waals surface area contributed by atoms with Gasteiger partial charge in [-0.2, -0.15) is 0 Å². The zero-order chi connectivity index (χ0) is 12.8. The van der Waals surface area contributed by atoms with Gasteiger partial charge in [-0.15, -0.1) is 0 Å². The number of rotatable bonds is 8. The number of hydrogen-bond acceptors (Lipinski definition) is 5. The summed E-state index contributed by atoms with van der Waals surface area (Å²) in [5.74, 6) is 0. The van der Waals surface area contributed by atoms with Crippen molar-refractivity contribution in [2.75, 3.05) is 47.1 Å². The molecule has 7 heteroatoms. The average Bonchev–Trinajstić information content (AvgIpc) is 2.12. The van der Waals surface area contributed by atoms with E-state index in [4.69, 9.17) is 10.2 Å². The maximum Gasteiger partial charge on any atom is 0.135 e. The largest absolute Gasteiger partial charge is 0.778 e. The number of aliphatic hydroxyl groups is 2. The minimum absolute atomic E-state index is 0.0410. The summed E-state index contributed by atoms with van der Waals surface area (Å²) in [7, 11) is 2.06. The number of quaternary nitrogens is 1. The van der Waals surface area contributed by atoms with Crippen LogP contribution in [0, 0.1) is 0 Å². The molecule has 0 saturated carbocycles. The Hall–Kier alpha value is 0.0300. The lowest BCUT2D eigenvalue weighted by atomic mass is 10.4. The van der Waals surface area contributed by atoms with Gasteiger partial charge in [0.25, 0.3) is 0 Å². The van der Waals surface area contributed by atoms with Crippen LogP contribution in [0.15, 0.2) is 0 Å². The van der Waals surface area contributed by atoms with Gasteiger partial charge in [0.05, 0.1) is 40.9 Å². The van der Waals surface area contributed by atoms with Crippen molar-refractivity contribution >= 4 is 7.60 Å². The first kappa shape index (κ1) is 16.0. The molecule has 0 radical (unpaired) electrons. The van der Waals surface area contributed by atoms with Gasteiger partial charge in [0.15, 0.2) is 0 Å². The van der Waals surface area contributed by atoms with Gasteiger partial charge in [0.1, 0.15) is 13.7 Å². The van der Waals surface area contributed by atoms with E-state index in [9.17, 15) is 9.46 Å². The summed E-state index contributed by atoms with van der Waals surface area (Å²) in [6.45, 7) is -0.140. The highest BCUT2D eigenvalue weighted by Crippen LogP contribution is 2.37. The normalized spacial score (nSPS) is 18.1. The van der Waals surface area contributed by atoms with Crippen LogP contribution in [0.2, 0.25) is 0 Å². The second-order valence-electron chi connectivity index (χ2n) is 4.83. The topological polar surface area (TPSA) is 89.8 Å². The lowest BCUT2D eigenvalue weighted by Crippen LogP contribution is -2.36. The number of aliphatic hydroxyl groups excluding tert-OH is 2. The van der Waals surface area contributed by atoms with Crippen molar-refractivity contribution in [3.8, 4) is 0 Å². The summed E-state index contributed by atoms with van der Waals surface area (Å²) in [4.78, 5) is 11.3. The minimum atomic E-state index is -3.88. The lowest BCUT2D eigenvalue weighted by molar-refractivity contribution is -0.870. The first-order valence-electron chi connectivity index (χ1n) is 5.20. The van der Waals surface area contributed by atoms with E-state index >= 15 is 0 Å². The van der Waals surface area contributed by atoms with Crippen LogP contribution < -0.4 is 4.89 Å². The maximum atomic E-state index is 11.3. The Kier molecular flexibility index (Phi) is 6.70. The van der Waals surface area contributed by atoms with Gasteiger partial charge < -0.3 is 28.7 Å². The van der Waals surface area contributed by atoms with Crippen molar-refractivity contribution in [2.24, 2.45) is 0 Å². The molecule has 1 unspecified atom stereocenters. The average molecular weight is 255 g/mol. The van der Waals surface area contributed by atoms with Gasteiger partial charge in [0.2, 0.25) is 0 Å². The number of hydrogen-bond donors (Lipinski definition) is 2. The molecule has 0 bridgehead atoms. The van der Waals surface area contributed by atoms with Gasteiger partial charge >= 0.3 is 0 Å². The van der Waals surface area contributed by atoms with Gasteiger partial charge in [-0.1, -0.05) is 0 Å². The maximum absolute atomic E-state index is 11.3. The molecule has 0 spiro atoms. The molecule has 0 aliphatic heterocycles. The van der Waals surface area contributed by atoms with Crippen molar-refractivity contribution in [1.82, 2.24) is 0 Å². The molecule has 6 nitrogen and oxygen atoms in total. The Labute approximate surface area is 96.6 Å². The molecular weight excluding hydrogens is 233 g/mol. The molecule has 0 aromatic heterocycles. The minimum Gasteiger partial charge on any atom is -0.778 e. The highest BCUT2D eigenvalue weighted by molar-refractivity contribution is 7.51. The fourth-order valence-corrected chi connectivity index (χ4v) is 2.11.